The van der Waals surface area contributed by atoms with E-state index in [0.717, 1.165) is 10.9 Å². The highest BCUT2D eigenvalue weighted by Crippen LogP contribution is 2.23. The van der Waals surface area contributed by atoms with Gasteiger partial charge in [0.05, 0.1) is 19.8 Å². The first-order valence-corrected chi connectivity index (χ1v) is 17.8. The maximum absolute atomic E-state index is 14.0. The van der Waals surface area contributed by atoms with Crippen molar-refractivity contribution >= 4 is 52.4 Å². The molecular formula is C36H52N8O8. The maximum Gasteiger partial charge on any atom is 0.268 e. The number of rotatable bonds is 6. The van der Waals surface area contributed by atoms with Crippen molar-refractivity contribution in [2.45, 2.75) is 90.1 Å². The fraction of sp³-hybridized carbons (Fsp3) is 0.556. The number of carbonyl (C=O) groups excluding carboxylic acids is 6. The summed E-state index contributed by atoms with van der Waals surface area (Å²) in [6, 6.07) is 1.64. The zero-order chi connectivity index (χ0) is 38.1. The van der Waals surface area contributed by atoms with Gasteiger partial charge in [0.2, 0.25) is 29.5 Å². The topological polar surface area (TPSA) is 234 Å². The lowest BCUT2D eigenvalue weighted by molar-refractivity contribution is -0.138. The Morgan fingerprint density at radius 2 is 1.60 bits per heavy atom. The van der Waals surface area contributed by atoms with Crippen molar-refractivity contribution in [1.29, 1.82) is 0 Å². The van der Waals surface area contributed by atoms with Crippen LogP contribution in [0.25, 0.3) is 17.0 Å². The number of nitrogens with zero attached hydrogens (tertiary/aromatic N) is 1. The Morgan fingerprint density at radius 1 is 0.885 bits per heavy atom. The van der Waals surface area contributed by atoms with Crippen LogP contribution in [0.2, 0.25) is 0 Å². The average molecular weight is 725 g/mol. The highest BCUT2D eigenvalue weighted by molar-refractivity contribution is 6.05. The molecule has 2 aliphatic heterocycles. The molecule has 0 radical (unpaired) electrons. The van der Waals surface area contributed by atoms with Gasteiger partial charge in [-0.05, 0) is 50.2 Å². The summed E-state index contributed by atoms with van der Waals surface area (Å²) in [4.78, 5) is 85.9. The standard InChI is InChI=1S/C36H52N8O8/c1-19(2)13-25-33(49)43-31(20(3)4)35(51)38-16-30(47)40-28(18-46)36(52)44-12-8-11-29(44)21(5)39-27(17-45)34(50)42-26(32(48)41-25)14-22-15-37-24-10-7-6-9-23(22)24/h6-7,9-10,14-15,19-21,25,27-29,31,37,39,45-46H,8,11-13,16-18H2,1-5H3,(H,38,51)(H,40,47)(H,41,48)(H,42,50)(H,43,49)/t21-,25-,27-,28-,29-,31-/m0/s1. The molecule has 2 aliphatic rings. The number of benzene rings is 1. The zero-order valence-corrected chi connectivity index (χ0v) is 30.3. The summed E-state index contributed by atoms with van der Waals surface area (Å²) in [5, 5.41) is 37.3. The van der Waals surface area contributed by atoms with E-state index in [4.69, 9.17) is 0 Å². The van der Waals surface area contributed by atoms with Crippen LogP contribution in [0.15, 0.2) is 36.2 Å². The van der Waals surface area contributed by atoms with Gasteiger partial charge in [-0.1, -0.05) is 45.9 Å². The molecular weight excluding hydrogens is 672 g/mol. The second-order valence-corrected chi connectivity index (χ2v) is 14.2. The predicted octanol–water partition coefficient (Wildman–Crippen LogP) is -0.766. The number of hydrogen-bond acceptors (Lipinski definition) is 9. The molecule has 16 nitrogen and oxygen atoms in total. The molecule has 0 spiro atoms. The van der Waals surface area contributed by atoms with Crippen molar-refractivity contribution < 1.29 is 39.0 Å². The van der Waals surface area contributed by atoms with E-state index in [1.165, 1.54) is 11.0 Å². The third kappa shape index (κ3) is 9.95. The number of aromatic nitrogens is 1. The van der Waals surface area contributed by atoms with E-state index in [1.54, 1.807) is 27.0 Å². The largest absolute Gasteiger partial charge is 0.394 e. The summed E-state index contributed by atoms with van der Waals surface area (Å²) in [5.41, 5.74) is 1.18. The second kappa shape index (κ2) is 18.1. The van der Waals surface area contributed by atoms with Crippen LogP contribution in [0.4, 0.5) is 0 Å². The van der Waals surface area contributed by atoms with Gasteiger partial charge in [0.25, 0.3) is 5.91 Å². The monoisotopic (exact) mass is 724 g/mol. The first kappa shape index (κ1) is 40.0. The van der Waals surface area contributed by atoms with Crippen LogP contribution in [0.5, 0.6) is 0 Å². The minimum atomic E-state index is -1.30. The molecule has 284 valence electrons. The molecule has 3 heterocycles. The number of hydrogen-bond donors (Lipinski definition) is 9. The Bertz CT molecular complexity index is 1660. The number of aliphatic hydroxyl groups is 2. The number of nitrogens with one attached hydrogen (secondary N) is 7. The molecule has 0 bridgehead atoms. The van der Waals surface area contributed by atoms with E-state index in [-0.39, 0.29) is 18.0 Å². The first-order chi connectivity index (χ1) is 24.7. The minimum absolute atomic E-state index is 0.0713. The molecule has 16 heteroatoms. The second-order valence-electron chi connectivity index (χ2n) is 14.2. The molecule has 52 heavy (non-hydrogen) atoms. The average Bonchev–Trinajstić information content (AvgIpc) is 3.77. The Balaban J connectivity index is 1.75. The maximum atomic E-state index is 14.0. The Labute approximate surface area is 302 Å². The molecule has 0 saturated carbocycles. The summed E-state index contributed by atoms with van der Waals surface area (Å²) in [6.45, 7) is 7.36. The SMILES string of the molecule is CC(C)C[C@@H]1NC(=O)C(=Cc2c[nH]c3ccccc23)NC(=O)[C@H](CO)N[C@@H](C)[C@@H]2CCCN2C(=O)[C@H](CO)NC(=O)CNC(=O)[C@H](C(C)C)NC1=O. The van der Waals surface area contributed by atoms with Crippen LogP contribution in [-0.2, 0) is 28.8 Å². The van der Waals surface area contributed by atoms with Crippen molar-refractivity contribution in [3.63, 3.8) is 0 Å². The molecule has 6 amide bonds. The van der Waals surface area contributed by atoms with Gasteiger partial charge in [0, 0.05) is 41.3 Å². The summed E-state index contributed by atoms with van der Waals surface area (Å²) in [7, 11) is 0. The highest BCUT2D eigenvalue weighted by Gasteiger charge is 2.38. The number of H-pyrrole nitrogens is 1. The van der Waals surface area contributed by atoms with Crippen LogP contribution in [-0.4, -0.2) is 118 Å². The Morgan fingerprint density at radius 3 is 2.27 bits per heavy atom. The van der Waals surface area contributed by atoms with Gasteiger partial charge in [-0.3, -0.25) is 34.1 Å². The van der Waals surface area contributed by atoms with Crippen molar-refractivity contribution in [3.8, 4) is 0 Å². The van der Waals surface area contributed by atoms with Crippen LogP contribution in [0, 0.1) is 11.8 Å². The third-order valence-corrected chi connectivity index (χ3v) is 9.36. The number of para-hydroxylation sites is 1. The fourth-order valence-corrected chi connectivity index (χ4v) is 6.61. The summed E-state index contributed by atoms with van der Waals surface area (Å²) < 4.78 is 0. The van der Waals surface area contributed by atoms with Gasteiger partial charge in [-0.25, -0.2) is 0 Å². The van der Waals surface area contributed by atoms with Crippen LogP contribution in [0.1, 0.15) is 59.4 Å². The molecule has 4 rings (SSSR count). The lowest BCUT2D eigenvalue weighted by Crippen LogP contribution is -2.59. The van der Waals surface area contributed by atoms with E-state index in [9.17, 15) is 39.0 Å². The van der Waals surface area contributed by atoms with Gasteiger partial charge in [0.15, 0.2) is 0 Å². The normalized spacial score (nSPS) is 27.2. The van der Waals surface area contributed by atoms with Gasteiger partial charge in [-0.15, -0.1) is 0 Å². The van der Waals surface area contributed by atoms with Gasteiger partial charge < -0.3 is 46.7 Å². The zero-order valence-electron chi connectivity index (χ0n) is 30.3. The van der Waals surface area contributed by atoms with Crippen molar-refractivity contribution in [3.05, 3.63) is 41.7 Å². The summed E-state index contributed by atoms with van der Waals surface area (Å²) >= 11 is 0. The summed E-state index contributed by atoms with van der Waals surface area (Å²) in [6.07, 6.45) is 4.51. The molecule has 0 aliphatic carbocycles. The van der Waals surface area contributed by atoms with Gasteiger partial charge >= 0.3 is 0 Å². The summed E-state index contributed by atoms with van der Waals surface area (Å²) in [5.74, 6) is -4.59. The van der Waals surface area contributed by atoms with E-state index in [0.29, 0.717) is 24.9 Å². The van der Waals surface area contributed by atoms with E-state index >= 15 is 0 Å². The molecule has 0 unspecified atom stereocenters. The molecule has 2 fully saturated rings. The van der Waals surface area contributed by atoms with Gasteiger partial charge in [0.1, 0.15) is 29.9 Å². The lowest BCUT2D eigenvalue weighted by Gasteiger charge is -2.34. The quantitative estimate of drug-likeness (QED) is 0.170. The molecule has 9 N–H and O–H groups in total. The van der Waals surface area contributed by atoms with Crippen molar-refractivity contribution in [2.24, 2.45) is 11.8 Å². The van der Waals surface area contributed by atoms with Crippen LogP contribution < -0.4 is 31.9 Å². The third-order valence-electron chi connectivity index (χ3n) is 9.36. The van der Waals surface area contributed by atoms with Crippen LogP contribution >= 0.6 is 0 Å². The predicted molar refractivity (Wildman–Crippen MR) is 193 cm³/mol. The van der Waals surface area contributed by atoms with Crippen molar-refractivity contribution in [1.82, 2.24) is 41.8 Å². The first-order valence-electron chi connectivity index (χ1n) is 17.8. The number of fused-ring (bicyclic) bond motifs is 2. The molecule has 1 aromatic carbocycles. The number of aliphatic hydroxyl groups excluding tert-OH is 2. The Hall–Kier alpha value is -4.80. The van der Waals surface area contributed by atoms with E-state index < -0.39 is 97.4 Å². The Kier molecular flexibility index (Phi) is 13.9. The minimum Gasteiger partial charge on any atom is -0.394 e. The number of amides is 6. The van der Waals surface area contributed by atoms with Crippen molar-refractivity contribution in [2.75, 3.05) is 26.3 Å². The van der Waals surface area contributed by atoms with E-state index in [1.807, 2.05) is 38.1 Å². The van der Waals surface area contributed by atoms with E-state index in [2.05, 4.69) is 36.9 Å². The van der Waals surface area contributed by atoms with Gasteiger partial charge in [-0.2, -0.15) is 0 Å². The number of carbonyl (C=O) groups is 6. The fourth-order valence-electron chi connectivity index (χ4n) is 6.61. The molecule has 6 atom stereocenters. The molecule has 2 saturated heterocycles. The lowest BCUT2D eigenvalue weighted by atomic mass is 9.99. The molecule has 2 aromatic rings. The number of aromatic amines is 1. The van der Waals surface area contributed by atoms with Crippen LogP contribution in [0.3, 0.4) is 0 Å². The molecule has 1 aromatic heterocycles. The highest BCUT2D eigenvalue weighted by atomic mass is 16.3. The smallest absolute Gasteiger partial charge is 0.268 e.